The Morgan fingerprint density at radius 1 is 0.372 bits per heavy atom. The first-order valence-electron chi connectivity index (χ1n) is 45.1. The van der Waals surface area contributed by atoms with Crippen molar-refractivity contribution in [3.63, 3.8) is 0 Å². The minimum atomic E-state index is -4.52. The number of aliphatic carboxylic acids is 5. The third kappa shape index (κ3) is 37.1. The first-order chi connectivity index (χ1) is 68.6. The molecule has 0 bridgehead atoms. The number of ether oxygens (including phenoxy) is 5. The van der Waals surface area contributed by atoms with Crippen LogP contribution in [0.1, 0.15) is 168 Å². The summed E-state index contributed by atoms with van der Waals surface area (Å²) in [5.41, 5.74) is 5.25. The largest absolute Gasteiger partial charge is 0.486 e. The van der Waals surface area contributed by atoms with Gasteiger partial charge in [0.1, 0.15) is 45.3 Å². The highest BCUT2D eigenvalue weighted by Crippen LogP contribution is 2.45. The van der Waals surface area contributed by atoms with Gasteiger partial charge in [-0.1, -0.05) is 128 Å². The van der Waals surface area contributed by atoms with E-state index < -0.39 is 84.2 Å². The number of halogens is 22. The molecule has 1 unspecified atom stereocenters. The van der Waals surface area contributed by atoms with Crippen molar-refractivity contribution in [1.82, 2.24) is 5.32 Å². The number of aryl methyl sites for hydroxylation is 2. The summed E-state index contributed by atoms with van der Waals surface area (Å²) in [7, 11) is 0. The molecule has 11 N–H and O–H groups in total. The molecular formula is C101H94Br2Cl11F9N6O16. The van der Waals surface area contributed by atoms with E-state index in [-0.39, 0.29) is 146 Å². The summed E-state index contributed by atoms with van der Waals surface area (Å²) in [6, 6.07) is 35.1. The van der Waals surface area contributed by atoms with Crippen LogP contribution in [-0.2, 0) is 95.0 Å². The smallest absolute Gasteiger partial charge is 0.416 e. The van der Waals surface area contributed by atoms with Crippen molar-refractivity contribution in [3.8, 4) is 28.7 Å². The van der Waals surface area contributed by atoms with Crippen LogP contribution in [0.15, 0.2) is 148 Å². The van der Waals surface area contributed by atoms with E-state index in [1.54, 1.807) is 60.7 Å². The quantitative estimate of drug-likeness (QED) is 0.0159. The molecule has 145 heavy (non-hydrogen) atoms. The second kappa shape index (κ2) is 54.1. The summed E-state index contributed by atoms with van der Waals surface area (Å²) in [6.07, 6.45) is 2.90. The van der Waals surface area contributed by atoms with E-state index in [0.29, 0.717) is 121 Å². The van der Waals surface area contributed by atoms with Gasteiger partial charge in [-0.15, -0.1) is 0 Å². The van der Waals surface area contributed by atoms with Gasteiger partial charge in [-0.25, -0.2) is 18.0 Å². The predicted molar refractivity (Wildman–Crippen MR) is 552 cm³/mol. The molecule has 5 fully saturated rings. The van der Waals surface area contributed by atoms with Gasteiger partial charge >= 0.3 is 42.2 Å². The maximum atomic E-state index is 14.8. The van der Waals surface area contributed by atoms with E-state index in [4.69, 9.17) is 177 Å². The highest BCUT2D eigenvalue weighted by molar-refractivity contribution is 9.11. The number of alkyl halides is 7. The number of carboxylic acid groups (broad SMARTS) is 5. The molecule has 10 aromatic carbocycles. The van der Waals surface area contributed by atoms with E-state index in [9.17, 15) is 68.3 Å². The van der Waals surface area contributed by atoms with Crippen molar-refractivity contribution in [2.75, 3.05) is 46.2 Å². The molecule has 778 valence electrons. The minimum absolute atomic E-state index is 0.000110. The van der Waals surface area contributed by atoms with Gasteiger partial charge in [-0.2, -0.15) is 26.3 Å². The van der Waals surface area contributed by atoms with Crippen molar-refractivity contribution < 1.29 is 117 Å². The number of hydrogen-bond acceptors (Lipinski definition) is 16. The van der Waals surface area contributed by atoms with Crippen LogP contribution in [0.2, 0.25) is 55.2 Å². The summed E-state index contributed by atoms with van der Waals surface area (Å²) < 4.78 is 152. The lowest BCUT2D eigenvalue weighted by Crippen LogP contribution is -2.29. The number of benzene rings is 10. The molecule has 1 atom stereocenters. The Morgan fingerprint density at radius 3 is 1.04 bits per heavy atom. The van der Waals surface area contributed by atoms with Crippen LogP contribution in [0, 0.1) is 23.5 Å². The maximum Gasteiger partial charge on any atom is 0.416 e. The van der Waals surface area contributed by atoms with Gasteiger partial charge in [-0.05, 0) is 318 Å². The van der Waals surface area contributed by atoms with Crippen LogP contribution in [0.3, 0.4) is 0 Å². The van der Waals surface area contributed by atoms with Crippen molar-refractivity contribution in [3.05, 3.63) is 282 Å². The topological polar surface area (TPSA) is 322 Å². The molecule has 22 nitrogen and oxygen atoms in total. The number of amides is 1. The number of anilines is 5. The average Bonchev–Trinajstić information content (AvgIpc) is 0.965. The molecule has 5 aliphatic carbocycles. The van der Waals surface area contributed by atoms with E-state index in [1.165, 1.54) is 68.5 Å². The first-order valence-corrected chi connectivity index (χ1v) is 50.9. The van der Waals surface area contributed by atoms with Crippen molar-refractivity contribution in [2.24, 2.45) is 11.8 Å². The molecule has 10 aromatic rings. The lowest BCUT2D eigenvalue weighted by atomic mass is 9.93. The number of carbonyl (C=O) groups excluding carboxylic acids is 1. The van der Waals surface area contributed by atoms with Gasteiger partial charge in [0.25, 0.3) is 5.91 Å². The molecule has 5 aliphatic rings. The second-order valence-electron chi connectivity index (χ2n) is 34.7. The molecule has 0 spiro atoms. The first kappa shape index (κ1) is 116. The van der Waals surface area contributed by atoms with Crippen LogP contribution in [-0.4, -0.2) is 105 Å². The zero-order valence-electron chi connectivity index (χ0n) is 76.4. The molecular weight excluding hydrogens is 2270 g/mol. The number of carboxylic acids is 5. The van der Waals surface area contributed by atoms with Gasteiger partial charge in [0.05, 0.1) is 78.0 Å². The predicted octanol–water partition coefficient (Wildman–Crippen LogP) is 30.3. The summed E-state index contributed by atoms with van der Waals surface area (Å²) in [6.45, 7) is 0.556. The average molecular weight is 2370 g/mol. The Morgan fingerprint density at radius 2 is 0.710 bits per heavy atom. The molecule has 0 saturated heterocycles. The van der Waals surface area contributed by atoms with Crippen LogP contribution in [0.4, 0.5) is 68.0 Å². The van der Waals surface area contributed by atoms with E-state index in [0.717, 1.165) is 99.0 Å². The van der Waals surface area contributed by atoms with Gasteiger partial charge in [0, 0.05) is 99.3 Å². The van der Waals surface area contributed by atoms with Gasteiger partial charge in [-0.3, -0.25) is 24.0 Å². The fraction of sp³-hybridized carbons (Fsp3) is 0.347. The Labute approximate surface area is 899 Å². The maximum absolute atomic E-state index is 14.8. The normalized spacial score (nSPS) is 14.0. The van der Waals surface area contributed by atoms with E-state index >= 15 is 0 Å². The van der Waals surface area contributed by atoms with Gasteiger partial charge in [0.2, 0.25) is 6.17 Å². The standard InChI is InChI=1S/C21H19Cl2F4NO3.C21H20Cl2F3NO3.C20H18Cl3FN2O4.C20H20Cl3NO3.C19H17Br2ClFNO3/c22-16-6-11(8-18(24)20(29)30)7-17(23)19(16)31-10-12-4-13(21(25,26)27)9-15(5-12)28-14-2-1-3-14;22-17-8-12(4-5-19(28)29)9-18(23)20(17)30-11-13-6-14(21(24,25)26)10-16(7-13)27-15-2-1-3-15;21-13-3-12(18(24)16(6-13)25-7-10-1-2-10)9-30-19-14(22)4-11(5-15(19)23)20(29)26-8-17(27)28;21-14-6-13(7-16(10-14)24-15-2-1-3-15)11-27-20-17(22)8-12(9-18(20)23)4-5-19(25)26;20-14-3-11(5-17(25)26)4-15(21)19(14)27-9-12-6-13(22)7-16(18(12)23)24-8-10-1-2-10/h4-7,9,14,18,28H,1-3,8,10H2,(H,29,30);6-10,15,27H,1-5,11H2,(H,28,29);3-6,10,25H,1-2,7-9H2,(H,26,29)(H,27,28);6-10,15,24H,1-5,11H2,(H,25,26);3-4,6-7,10,24H,1-2,5,8-9H2,(H,25,26). The fourth-order valence-electron chi connectivity index (χ4n) is 14.5. The third-order valence-electron chi connectivity index (χ3n) is 22.9. The number of carbonyl (C=O) groups is 6. The van der Waals surface area contributed by atoms with Crippen LogP contribution in [0.25, 0.3) is 0 Å². The summed E-state index contributed by atoms with van der Waals surface area (Å²) in [5.74, 6) is -4.78. The Balaban J connectivity index is 0.000000173. The van der Waals surface area contributed by atoms with Crippen molar-refractivity contribution in [1.29, 1.82) is 0 Å². The highest BCUT2D eigenvalue weighted by Gasteiger charge is 2.35. The zero-order valence-corrected chi connectivity index (χ0v) is 87.9. The fourth-order valence-corrected chi connectivity index (χ4v) is 19.2. The molecule has 1 amide bonds. The number of rotatable bonds is 41. The molecule has 5 saturated carbocycles. The van der Waals surface area contributed by atoms with Crippen molar-refractivity contribution in [2.45, 2.75) is 192 Å². The van der Waals surface area contributed by atoms with Crippen LogP contribution in [0.5, 0.6) is 28.7 Å². The molecule has 0 aliphatic heterocycles. The van der Waals surface area contributed by atoms with E-state index in [2.05, 4.69) is 63.8 Å². The Kier molecular flexibility index (Phi) is 43.2. The van der Waals surface area contributed by atoms with Crippen LogP contribution < -0.4 is 55.6 Å². The third-order valence-corrected chi connectivity index (χ3v) is 27.0. The monoisotopic (exact) mass is 2360 g/mol. The second-order valence-corrected chi connectivity index (χ2v) is 41.0. The zero-order chi connectivity index (χ0) is 105. The van der Waals surface area contributed by atoms with E-state index in [1.807, 2.05) is 18.2 Å². The van der Waals surface area contributed by atoms with Crippen molar-refractivity contribution >= 4 is 224 Å². The lowest BCUT2D eigenvalue weighted by Gasteiger charge is -2.28. The molecule has 15 rings (SSSR count). The van der Waals surface area contributed by atoms with Gasteiger partial charge in [0.15, 0.2) is 34.6 Å². The van der Waals surface area contributed by atoms with Crippen LogP contribution >= 0.6 is 159 Å². The Hall–Kier alpha value is -9.46. The lowest BCUT2D eigenvalue weighted by molar-refractivity contribution is -0.143. The molecule has 0 heterocycles. The molecule has 0 radical (unpaired) electrons. The molecule has 44 heteroatoms. The Bertz CT molecular complexity index is 6210. The minimum Gasteiger partial charge on any atom is -0.486 e. The summed E-state index contributed by atoms with van der Waals surface area (Å²) in [4.78, 5) is 65.5. The molecule has 0 aromatic heterocycles. The number of nitrogens with one attached hydrogen (secondary N) is 6. The van der Waals surface area contributed by atoms with Gasteiger partial charge < -0.3 is 81.1 Å². The summed E-state index contributed by atoms with van der Waals surface area (Å²) in [5, 5.41) is 64.4. The summed E-state index contributed by atoms with van der Waals surface area (Å²) >= 11 is 74.7. The SMILES string of the molecule is O=C(O)C(F)Cc1cc(Cl)c(OCc2cc(NC3CCC3)cc(C(F)(F)F)c2)c(Cl)c1.O=C(O)CCc1cc(Cl)c(OCc2cc(Cl)cc(NC3CCC3)c2)c(Cl)c1.O=C(O)CCc1cc(Cl)c(OCc2cc(NC3CCC3)cc(C(F)(F)F)c2)c(Cl)c1.O=C(O)CNC(=O)c1cc(Cl)c(OCc2cc(Cl)cc(NCC3CC3)c2F)c(Cl)c1.O=C(O)Cc1cc(Br)c(OCc2cc(Cl)cc(NCC3CC3)c2F)c(Br)c1. The number of hydrogen-bond donors (Lipinski definition) is 11. The highest BCUT2D eigenvalue weighted by atomic mass is 79.9.